The number of aromatic nitrogens is 2. The lowest BCUT2D eigenvalue weighted by atomic mass is 10.3. The summed E-state index contributed by atoms with van der Waals surface area (Å²) in [6, 6.07) is 5.63. The molecule has 4 nitrogen and oxygen atoms in total. The Morgan fingerprint density at radius 1 is 1.47 bits per heavy atom. The Labute approximate surface area is 105 Å². The molecule has 1 aromatic carbocycles. The fourth-order valence-corrected chi connectivity index (χ4v) is 2.04. The summed E-state index contributed by atoms with van der Waals surface area (Å²) in [7, 11) is 1.64. The number of fused-ring (bicyclic) bond motifs is 1. The number of aryl methyl sites for hydroxylation is 1. The third-order valence-corrected chi connectivity index (χ3v) is 2.84. The van der Waals surface area contributed by atoms with Gasteiger partial charge in [0.15, 0.2) is 0 Å². The van der Waals surface area contributed by atoms with Crippen molar-refractivity contribution in [1.82, 2.24) is 9.55 Å². The molecule has 0 saturated carbocycles. The number of halogens is 1. The fourth-order valence-electron chi connectivity index (χ4n) is 1.87. The van der Waals surface area contributed by atoms with E-state index < -0.39 is 0 Å². The molecule has 1 aromatic heterocycles. The normalized spacial score (nSPS) is 11.2. The highest BCUT2D eigenvalue weighted by Crippen LogP contribution is 2.21. The van der Waals surface area contributed by atoms with Gasteiger partial charge in [-0.3, -0.25) is 0 Å². The van der Waals surface area contributed by atoms with Gasteiger partial charge in [-0.15, -0.1) is 0 Å². The lowest BCUT2D eigenvalue weighted by Crippen LogP contribution is -2.06. The summed E-state index contributed by atoms with van der Waals surface area (Å²) in [5.74, 6) is 0.859. The number of ether oxygens (including phenoxy) is 1. The van der Waals surface area contributed by atoms with Crippen molar-refractivity contribution >= 4 is 22.6 Å². The first-order chi connectivity index (χ1) is 8.26. The lowest BCUT2D eigenvalue weighted by Gasteiger charge is -2.07. The smallest absolute Gasteiger partial charge is 0.135 e. The second kappa shape index (κ2) is 5.49. The molecular formula is C12H15ClN2O2. The molecular weight excluding hydrogens is 240 g/mol. The van der Waals surface area contributed by atoms with Gasteiger partial charge in [-0.2, -0.15) is 0 Å². The van der Waals surface area contributed by atoms with E-state index in [1.165, 1.54) is 0 Å². The highest BCUT2D eigenvalue weighted by atomic mass is 35.5. The number of rotatable bonds is 5. The Hall–Kier alpha value is -1.10. The zero-order valence-corrected chi connectivity index (χ0v) is 10.4. The molecule has 0 fully saturated rings. The third-order valence-electron chi connectivity index (χ3n) is 2.60. The number of nitrogens with zero attached hydrogens (tertiary/aromatic N) is 2. The van der Waals surface area contributed by atoms with Crippen LogP contribution >= 0.6 is 11.6 Å². The van der Waals surface area contributed by atoms with Crippen molar-refractivity contribution in [2.75, 3.05) is 13.7 Å². The standard InChI is InChI=1S/C12H15ClN2O2/c1-17-8-12-14-10-7-9(13)3-4-11(10)15(12)5-2-6-16/h3-4,7,16H,2,5-6,8H2,1H3. The molecule has 0 atom stereocenters. The lowest BCUT2D eigenvalue weighted by molar-refractivity contribution is 0.173. The third kappa shape index (κ3) is 2.60. The van der Waals surface area contributed by atoms with Gasteiger partial charge >= 0.3 is 0 Å². The van der Waals surface area contributed by atoms with E-state index >= 15 is 0 Å². The number of hydrogen-bond donors (Lipinski definition) is 1. The molecule has 1 N–H and O–H groups in total. The number of imidazole rings is 1. The van der Waals surface area contributed by atoms with Gasteiger partial charge in [-0.1, -0.05) is 11.6 Å². The minimum atomic E-state index is 0.166. The van der Waals surface area contributed by atoms with Crippen LogP contribution in [0.2, 0.25) is 5.02 Å². The van der Waals surface area contributed by atoms with Crippen LogP contribution < -0.4 is 0 Å². The predicted molar refractivity (Wildman–Crippen MR) is 67.2 cm³/mol. The molecule has 0 aliphatic heterocycles. The van der Waals surface area contributed by atoms with Crippen LogP contribution in [0.25, 0.3) is 11.0 Å². The van der Waals surface area contributed by atoms with Crippen molar-refractivity contribution in [3.05, 3.63) is 29.0 Å². The number of aliphatic hydroxyl groups is 1. The summed E-state index contributed by atoms with van der Waals surface area (Å²) >= 11 is 5.94. The summed E-state index contributed by atoms with van der Waals surface area (Å²) in [4.78, 5) is 4.49. The Kier molecular flexibility index (Phi) is 3.99. The molecule has 2 rings (SSSR count). The summed E-state index contributed by atoms with van der Waals surface area (Å²) in [6.45, 7) is 1.35. The SMILES string of the molecule is COCc1nc2cc(Cl)ccc2n1CCCO. The molecule has 2 aromatic rings. The van der Waals surface area contributed by atoms with Gasteiger partial charge in [-0.25, -0.2) is 4.98 Å². The number of aliphatic hydroxyl groups excluding tert-OH is 1. The van der Waals surface area contributed by atoms with Crippen molar-refractivity contribution in [1.29, 1.82) is 0 Å². The van der Waals surface area contributed by atoms with E-state index in [4.69, 9.17) is 21.4 Å². The van der Waals surface area contributed by atoms with Crippen LogP contribution in [0.3, 0.4) is 0 Å². The van der Waals surface area contributed by atoms with Gasteiger partial charge in [0, 0.05) is 25.3 Å². The second-order valence-corrected chi connectivity index (χ2v) is 4.26. The van der Waals surface area contributed by atoms with Crippen LogP contribution in [-0.2, 0) is 17.9 Å². The van der Waals surface area contributed by atoms with Gasteiger partial charge in [0.1, 0.15) is 12.4 Å². The van der Waals surface area contributed by atoms with Crippen molar-refractivity contribution in [3.63, 3.8) is 0 Å². The maximum absolute atomic E-state index is 8.92. The molecule has 0 aliphatic rings. The van der Waals surface area contributed by atoms with Crippen molar-refractivity contribution < 1.29 is 9.84 Å². The summed E-state index contributed by atoms with van der Waals surface area (Å²) in [5, 5.41) is 9.59. The Bertz CT molecular complexity index is 510. The first kappa shape index (κ1) is 12.4. The van der Waals surface area contributed by atoms with E-state index in [-0.39, 0.29) is 6.61 Å². The largest absolute Gasteiger partial charge is 0.396 e. The molecule has 17 heavy (non-hydrogen) atoms. The summed E-state index contributed by atoms with van der Waals surface area (Å²) < 4.78 is 7.19. The maximum Gasteiger partial charge on any atom is 0.135 e. The van der Waals surface area contributed by atoms with E-state index in [9.17, 15) is 0 Å². The van der Waals surface area contributed by atoms with E-state index in [0.29, 0.717) is 18.1 Å². The van der Waals surface area contributed by atoms with E-state index in [2.05, 4.69) is 9.55 Å². The first-order valence-corrected chi connectivity index (χ1v) is 5.88. The molecule has 92 valence electrons. The van der Waals surface area contributed by atoms with Crippen molar-refractivity contribution in [2.45, 2.75) is 19.6 Å². The highest BCUT2D eigenvalue weighted by molar-refractivity contribution is 6.31. The van der Waals surface area contributed by atoms with Crippen LogP contribution in [0.15, 0.2) is 18.2 Å². The second-order valence-electron chi connectivity index (χ2n) is 3.82. The molecule has 0 bridgehead atoms. The monoisotopic (exact) mass is 254 g/mol. The van der Waals surface area contributed by atoms with Crippen LogP contribution in [0.5, 0.6) is 0 Å². The average Bonchev–Trinajstić information content (AvgIpc) is 2.63. The fraction of sp³-hybridized carbons (Fsp3) is 0.417. The van der Waals surface area contributed by atoms with Gasteiger partial charge in [0.05, 0.1) is 11.0 Å². The molecule has 0 spiro atoms. The molecule has 5 heteroatoms. The van der Waals surface area contributed by atoms with Gasteiger partial charge in [0.25, 0.3) is 0 Å². The molecule has 0 saturated heterocycles. The first-order valence-electron chi connectivity index (χ1n) is 5.50. The Morgan fingerprint density at radius 3 is 3.00 bits per heavy atom. The van der Waals surface area contributed by atoms with Crippen molar-refractivity contribution in [3.8, 4) is 0 Å². The summed E-state index contributed by atoms with van der Waals surface area (Å²) in [6.07, 6.45) is 0.699. The minimum Gasteiger partial charge on any atom is -0.396 e. The quantitative estimate of drug-likeness (QED) is 0.890. The number of hydrogen-bond acceptors (Lipinski definition) is 3. The zero-order chi connectivity index (χ0) is 12.3. The Balaban J connectivity index is 2.46. The number of methoxy groups -OCH3 is 1. The Morgan fingerprint density at radius 2 is 2.29 bits per heavy atom. The topological polar surface area (TPSA) is 47.3 Å². The molecule has 1 heterocycles. The zero-order valence-electron chi connectivity index (χ0n) is 9.69. The summed E-state index contributed by atoms with van der Waals surface area (Å²) in [5.41, 5.74) is 1.89. The molecule has 0 radical (unpaired) electrons. The van der Waals surface area contributed by atoms with Gasteiger partial charge in [0.2, 0.25) is 0 Å². The minimum absolute atomic E-state index is 0.166. The van der Waals surface area contributed by atoms with E-state index in [0.717, 1.165) is 23.4 Å². The van der Waals surface area contributed by atoms with Gasteiger partial charge < -0.3 is 14.4 Å². The van der Waals surface area contributed by atoms with E-state index in [1.807, 2.05) is 18.2 Å². The molecule has 0 amide bonds. The van der Waals surface area contributed by atoms with Crippen LogP contribution in [0.1, 0.15) is 12.2 Å². The van der Waals surface area contributed by atoms with E-state index in [1.54, 1.807) is 7.11 Å². The molecule has 0 unspecified atom stereocenters. The predicted octanol–water partition coefficient (Wildman–Crippen LogP) is 2.22. The number of benzene rings is 1. The van der Waals surface area contributed by atoms with Crippen LogP contribution in [0, 0.1) is 0 Å². The van der Waals surface area contributed by atoms with Crippen molar-refractivity contribution in [2.24, 2.45) is 0 Å². The van der Waals surface area contributed by atoms with Crippen LogP contribution in [-0.4, -0.2) is 28.4 Å². The average molecular weight is 255 g/mol. The maximum atomic E-state index is 8.92. The van der Waals surface area contributed by atoms with Crippen LogP contribution in [0.4, 0.5) is 0 Å². The molecule has 0 aliphatic carbocycles. The highest BCUT2D eigenvalue weighted by Gasteiger charge is 2.10. The van der Waals surface area contributed by atoms with Gasteiger partial charge in [-0.05, 0) is 24.6 Å².